The standard InChI is InChI=1S/C10H9ClN2O2S3/c1-18(14,15)8-4-2-7(3-5-8)16-6-9-12-13-10(11)17-9/h2-5H,6H2,1H3. The molecule has 0 amide bonds. The number of hydrogen-bond donors (Lipinski definition) is 0. The Hall–Kier alpha value is -0.630. The van der Waals surface area contributed by atoms with Crippen LogP contribution >= 0.6 is 34.7 Å². The van der Waals surface area contributed by atoms with Crippen LogP contribution in [0.5, 0.6) is 0 Å². The smallest absolute Gasteiger partial charge is 0.207 e. The summed E-state index contributed by atoms with van der Waals surface area (Å²) in [5, 5.41) is 8.47. The van der Waals surface area contributed by atoms with Crippen LogP contribution in [0.1, 0.15) is 5.01 Å². The fraction of sp³-hybridized carbons (Fsp3) is 0.200. The lowest BCUT2D eigenvalue weighted by molar-refractivity contribution is 0.602. The first-order valence-electron chi connectivity index (χ1n) is 4.86. The van der Waals surface area contributed by atoms with Gasteiger partial charge in [-0.3, -0.25) is 0 Å². The van der Waals surface area contributed by atoms with Crippen LogP contribution in [0.25, 0.3) is 0 Å². The maximum atomic E-state index is 11.3. The molecule has 4 nitrogen and oxygen atoms in total. The molecule has 0 fully saturated rings. The van der Waals surface area contributed by atoms with Gasteiger partial charge in [0.25, 0.3) is 0 Å². The number of sulfone groups is 1. The van der Waals surface area contributed by atoms with Crippen molar-refractivity contribution in [3.8, 4) is 0 Å². The average molecular weight is 321 g/mol. The molecule has 0 aliphatic carbocycles. The van der Waals surface area contributed by atoms with Crippen LogP contribution in [-0.4, -0.2) is 24.9 Å². The first kappa shape index (κ1) is 13.8. The molecule has 1 aromatic heterocycles. The molecule has 0 bridgehead atoms. The van der Waals surface area contributed by atoms with Crippen molar-refractivity contribution in [3.05, 3.63) is 33.7 Å². The highest BCUT2D eigenvalue weighted by Crippen LogP contribution is 2.26. The van der Waals surface area contributed by atoms with Crippen molar-refractivity contribution in [1.29, 1.82) is 0 Å². The molecule has 96 valence electrons. The minimum Gasteiger partial charge on any atom is -0.224 e. The maximum Gasteiger partial charge on any atom is 0.207 e. The number of halogens is 1. The van der Waals surface area contributed by atoms with Gasteiger partial charge in [-0.2, -0.15) is 0 Å². The van der Waals surface area contributed by atoms with Gasteiger partial charge in [-0.15, -0.1) is 22.0 Å². The van der Waals surface area contributed by atoms with Gasteiger partial charge < -0.3 is 0 Å². The summed E-state index contributed by atoms with van der Waals surface area (Å²) in [6.45, 7) is 0. The molecule has 0 N–H and O–H groups in total. The molecule has 0 spiro atoms. The molecular weight excluding hydrogens is 312 g/mol. The Kier molecular flexibility index (Phi) is 4.26. The van der Waals surface area contributed by atoms with Gasteiger partial charge in [0.2, 0.25) is 4.47 Å². The van der Waals surface area contributed by atoms with Crippen molar-refractivity contribution in [2.45, 2.75) is 15.5 Å². The lowest BCUT2D eigenvalue weighted by Gasteiger charge is -2.01. The first-order valence-corrected chi connectivity index (χ1v) is 8.93. The fourth-order valence-corrected chi connectivity index (χ4v) is 3.60. The van der Waals surface area contributed by atoms with Crippen LogP contribution in [0.2, 0.25) is 4.47 Å². The number of thioether (sulfide) groups is 1. The van der Waals surface area contributed by atoms with Gasteiger partial charge in [-0.1, -0.05) is 11.3 Å². The maximum absolute atomic E-state index is 11.3. The third kappa shape index (κ3) is 3.68. The largest absolute Gasteiger partial charge is 0.224 e. The second-order valence-electron chi connectivity index (χ2n) is 3.48. The Morgan fingerprint density at radius 1 is 1.28 bits per heavy atom. The predicted octanol–water partition coefficient (Wildman–Crippen LogP) is 2.89. The Balaban J connectivity index is 2.03. The molecular formula is C10H9ClN2O2S3. The zero-order valence-corrected chi connectivity index (χ0v) is 12.5. The van der Waals surface area contributed by atoms with E-state index in [0.29, 0.717) is 15.1 Å². The van der Waals surface area contributed by atoms with Crippen molar-refractivity contribution < 1.29 is 8.42 Å². The second kappa shape index (κ2) is 5.56. The molecule has 0 radical (unpaired) electrons. The van der Waals surface area contributed by atoms with Crippen LogP contribution in [0.3, 0.4) is 0 Å². The van der Waals surface area contributed by atoms with Gasteiger partial charge in [-0.05, 0) is 35.9 Å². The highest BCUT2D eigenvalue weighted by molar-refractivity contribution is 7.98. The highest BCUT2D eigenvalue weighted by atomic mass is 35.5. The number of aromatic nitrogens is 2. The van der Waals surface area contributed by atoms with E-state index in [1.54, 1.807) is 36.0 Å². The molecule has 0 saturated heterocycles. The third-order valence-corrected chi connectivity index (χ3v) is 5.41. The van der Waals surface area contributed by atoms with Gasteiger partial charge in [0, 0.05) is 11.2 Å². The van der Waals surface area contributed by atoms with Crippen LogP contribution in [-0.2, 0) is 15.6 Å². The first-order chi connectivity index (χ1) is 8.45. The van der Waals surface area contributed by atoms with Crippen molar-refractivity contribution in [3.63, 3.8) is 0 Å². The number of benzene rings is 1. The number of rotatable bonds is 4. The molecule has 8 heteroatoms. The van der Waals surface area contributed by atoms with Gasteiger partial charge in [0.1, 0.15) is 5.01 Å². The molecule has 0 aliphatic rings. The van der Waals surface area contributed by atoms with E-state index in [9.17, 15) is 8.42 Å². The van der Waals surface area contributed by atoms with Crippen LogP contribution in [0.4, 0.5) is 0 Å². The van der Waals surface area contributed by atoms with Crippen LogP contribution in [0, 0.1) is 0 Å². The van der Waals surface area contributed by atoms with Gasteiger partial charge >= 0.3 is 0 Å². The second-order valence-corrected chi connectivity index (χ2v) is 8.19. The van der Waals surface area contributed by atoms with E-state index in [1.807, 2.05) is 0 Å². The van der Waals surface area contributed by atoms with Crippen molar-refractivity contribution in [1.82, 2.24) is 10.2 Å². The summed E-state index contributed by atoms with van der Waals surface area (Å²) in [7, 11) is -3.13. The fourth-order valence-electron chi connectivity index (χ4n) is 1.22. The highest BCUT2D eigenvalue weighted by Gasteiger charge is 2.07. The quantitative estimate of drug-likeness (QED) is 0.811. The zero-order chi connectivity index (χ0) is 13.2. The normalized spacial score (nSPS) is 11.7. The van der Waals surface area contributed by atoms with E-state index in [4.69, 9.17) is 11.6 Å². The summed E-state index contributed by atoms with van der Waals surface area (Å²) < 4.78 is 23.0. The van der Waals surface area contributed by atoms with Crippen LogP contribution < -0.4 is 0 Å². The Morgan fingerprint density at radius 3 is 2.44 bits per heavy atom. The van der Waals surface area contributed by atoms with Crippen molar-refractivity contribution in [2.24, 2.45) is 0 Å². The molecule has 0 aliphatic heterocycles. The topological polar surface area (TPSA) is 59.9 Å². The minimum atomic E-state index is -3.13. The van der Waals surface area contributed by atoms with E-state index in [-0.39, 0.29) is 0 Å². The minimum absolute atomic E-state index is 0.325. The van der Waals surface area contributed by atoms with Gasteiger partial charge in [-0.25, -0.2) is 8.42 Å². The van der Waals surface area contributed by atoms with E-state index >= 15 is 0 Å². The Bertz CT molecular complexity index is 637. The van der Waals surface area contributed by atoms with Crippen LogP contribution in [0.15, 0.2) is 34.1 Å². The van der Waals surface area contributed by atoms with Gasteiger partial charge in [0.15, 0.2) is 9.84 Å². The molecule has 2 aromatic rings. The lowest BCUT2D eigenvalue weighted by Crippen LogP contribution is -1.95. The molecule has 1 aromatic carbocycles. The van der Waals surface area contributed by atoms with E-state index in [2.05, 4.69) is 10.2 Å². The summed E-state index contributed by atoms with van der Waals surface area (Å²) in [5.74, 6) is 0.669. The third-order valence-electron chi connectivity index (χ3n) is 2.06. The summed E-state index contributed by atoms with van der Waals surface area (Å²) in [6, 6.07) is 6.77. The molecule has 1 heterocycles. The Labute approximate surface area is 118 Å². The van der Waals surface area contributed by atoms with Crippen molar-refractivity contribution >= 4 is 44.5 Å². The molecule has 2 rings (SSSR count). The Morgan fingerprint density at radius 2 is 1.94 bits per heavy atom. The zero-order valence-electron chi connectivity index (χ0n) is 9.33. The summed E-state index contributed by atoms with van der Waals surface area (Å²) >= 11 is 8.58. The lowest BCUT2D eigenvalue weighted by atomic mass is 10.4. The summed E-state index contributed by atoms with van der Waals surface area (Å²) in [6.07, 6.45) is 1.19. The monoisotopic (exact) mass is 320 g/mol. The van der Waals surface area contributed by atoms with E-state index in [1.165, 1.54) is 17.6 Å². The average Bonchev–Trinajstić information content (AvgIpc) is 2.72. The molecule has 0 saturated carbocycles. The number of hydrogen-bond acceptors (Lipinski definition) is 6. The SMILES string of the molecule is CS(=O)(=O)c1ccc(SCc2nnc(Cl)s2)cc1. The molecule has 0 atom stereocenters. The molecule has 18 heavy (non-hydrogen) atoms. The molecule has 0 unspecified atom stereocenters. The summed E-state index contributed by atoms with van der Waals surface area (Å²) in [5.41, 5.74) is 0. The van der Waals surface area contributed by atoms with Gasteiger partial charge in [0.05, 0.1) is 10.6 Å². The predicted molar refractivity (Wildman–Crippen MR) is 74.0 cm³/mol. The number of nitrogens with zero attached hydrogens (tertiary/aromatic N) is 2. The van der Waals surface area contributed by atoms with E-state index < -0.39 is 9.84 Å². The van der Waals surface area contributed by atoms with Crippen molar-refractivity contribution in [2.75, 3.05) is 6.26 Å². The van der Waals surface area contributed by atoms with E-state index in [0.717, 1.165) is 9.90 Å². The summed E-state index contributed by atoms with van der Waals surface area (Å²) in [4.78, 5) is 1.31.